The zero-order valence-electron chi connectivity index (χ0n) is 13.6. The minimum atomic E-state index is -3.60. The Bertz CT molecular complexity index is 839. The van der Waals surface area contributed by atoms with Gasteiger partial charge >= 0.3 is 0 Å². The Balaban J connectivity index is 1.46. The molecule has 4 rings (SSSR count). The highest BCUT2D eigenvalue weighted by Gasteiger charge is 2.28. The Morgan fingerprint density at radius 1 is 1.28 bits per heavy atom. The van der Waals surface area contributed by atoms with E-state index in [2.05, 4.69) is 14.6 Å². The van der Waals surface area contributed by atoms with Gasteiger partial charge in [0.1, 0.15) is 13.2 Å². The third-order valence-electron chi connectivity index (χ3n) is 4.38. The van der Waals surface area contributed by atoms with Crippen molar-refractivity contribution in [1.82, 2.24) is 9.71 Å². The maximum absolute atomic E-state index is 12.6. The van der Waals surface area contributed by atoms with Crippen LogP contribution in [0.1, 0.15) is 12.8 Å². The van der Waals surface area contributed by atoms with Crippen molar-refractivity contribution in [3.63, 3.8) is 0 Å². The van der Waals surface area contributed by atoms with Gasteiger partial charge in [0.25, 0.3) is 0 Å². The Labute approximate surface area is 150 Å². The fourth-order valence-electron chi connectivity index (χ4n) is 3.14. The summed E-state index contributed by atoms with van der Waals surface area (Å²) < 4.78 is 38.9. The number of rotatable bonds is 5. The summed E-state index contributed by atoms with van der Waals surface area (Å²) in [6, 6.07) is 4.83. The standard InChI is InChI=1S/C16H19N3O4S2/c20-25(21,13-3-4-14-15(10-13)23-8-7-22-14)18-11-12-2-1-6-19(12)16-17-5-9-24-16/h3-5,9-10,12,18H,1-2,6-8,11H2. The zero-order valence-corrected chi connectivity index (χ0v) is 15.2. The number of ether oxygens (including phenoxy) is 2. The van der Waals surface area contributed by atoms with Crippen LogP contribution in [-0.4, -0.2) is 45.7 Å². The van der Waals surface area contributed by atoms with Crippen molar-refractivity contribution in [2.75, 3.05) is 31.2 Å². The third kappa shape index (κ3) is 3.44. The number of fused-ring (bicyclic) bond motifs is 1. The van der Waals surface area contributed by atoms with Crippen LogP contribution in [0.3, 0.4) is 0 Å². The zero-order chi connectivity index (χ0) is 17.3. The van der Waals surface area contributed by atoms with Gasteiger partial charge in [-0.3, -0.25) is 0 Å². The molecule has 0 aliphatic carbocycles. The Morgan fingerprint density at radius 3 is 2.92 bits per heavy atom. The molecule has 134 valence electrons. The molecule has 1 aromatic carbocycles. The van der Waals surface area contributed by atoms with Crippen LogP contribution in [0.5, 0.6) is 11.5 Å². The molecule has 0 spiro atoms. The molecule has 1 atom stereocenters. The van der Waals surface area contributed by atoms with E-state index in [9.17, 15) is 8.42 Å². The van der Waals surface area contributed by atoms with Gasteiger partial charge in [-0.25, -0.2) is 18.1 Å². The topological polar surface area (TPSA) is 80.8 Å². The van der Waals surface area contributed by atoms with Crippen LogP contribution in [0.25, 0.3) is 0 Å². The first-order valence-corrected chi connectivity index (χ1v) is 10.6. The predicted octanol–water partition coefficient (Wildman–Crippen LogP) is 1.86. The Hall–Kier alpha value is -1.84. The normalized spacial score (nSPS) is 20.0. The number of hydrogen-bond donors (Lipinski definition) is 1. The summed E-state index contributed by atoms with van der Waals surface area (Å²) in [5.74, 6) is 1.05. The molecule has 0 bridgehead atoms. The second kappa shape index (κ2) is 6.81. The van der Waals surface area contributed by atoms with E-state index in [1.165, 1.54) is 6.07 Å². The van der Waals surface area contributed by atoms with Crippen LogP contribution in [0.15, 0.2) is 34.7 Å². The summed E-state index contributed by atoms with van der Waals surface area (Å²) in [5, 5.41) is 2.88. The number of nitrogens with one attached hydrogen (secondary N) is 1. The molecule has 2 aromatic rings. The summed E-state index contributed by atoms with van der Waals surface area (Å²) in [6.45, 7) is 2.17. The van der Waals surface area contributed by atoms with E-state index in [0.717, 1.165) is 24.5 Å². The van der Waals surface area contributed by atoms with Crippen LogP contribution in [0.2, 0.25) is 0 Å². The van der Waals surface area contributed by atoms with E-state index < -0.39 is 10.0 Å². The van der Waals surface area contributed by atoms with Gasteiger partial charge in [-0.1, -0.05) is 0 Å². The lowest BCUT2D eigenvalue weighted by atomic mass is 10.2. The third-order valence-corrected chi connectivity index (χ3v) is 6.60. The molecule has 0 saturated carbocycles. The highest BCUT2D eigenvalue weighted by molar-refractivity contribution is 7.89. The summed E-state index contributed by atoms with van der Waals surface area (Å²) in [4.78, 5) is 6.70. The number of hydrogen-bond acceptors (Lipinski definition) is 7. The van der Waals surface area contributed by atoms with Crippen molar-refractivity contribution in [3.8, 4) is 11.5 Å². The molecule has 25 heavy (non-hydrogen) atoms. The Morgan fingerprint density at radius 2 is 2.12 bits per heavy atom. The van der Waals surface area contributed by atoms with Crippen molar-refractivity contribution in [3.05, 3.63) is 29.8 Å². The molecular weight excluding hydrogens is 362 g/mol. The molecule has 1 unspecified atom stereocenters. The summed E-state index contributed by atoms with van der Waals surface area (Å²) in [5.41, 5.74) is 0. The van der Waals surface area contributed by atoms with Gasteiger partial charge in [0.15, 0.2) is 16.6 Å². The maximum Gasteiger partial charge on any atom is 0.240 e. The van der Waals surface area contributed by atoms with Crippen LogP contribution < -0.4 is 19.1 Å². The van der Waals surface area contributed by atoms with Gasteiger partial charge < -0.3 is 14.4 Å². The van der Waals surface area contributed by atoms with Gasteiger partial charge in [-0.15, -0.1) is 11.3 Å². The number of nitrogens with zero attached hydrogens (tertiary/aromatic N) is 2. The van der Waals surface area contributed by atoms with E-state index in [1.807, 2.05) is 5.38 Å². The van der Waals surface area contributed by atoms with Gasteiger partial charge in [0, 0.05) is 36.8 Å². The molecule has 1 fully saturated rings. The molecule has 0 radical (unpaired) electrons. The molecule has 3 heterocycles. The van der Waals surface area contributed by atoms with Crippen LogP contribution in [0.4, 0.5) is 5.13 Å². The number of anilines is 1. The second-order valence-corrected chi connectivity index (χ2v) is 8.60. The molecule has 7 nitrogen and oxygen atoms in total. The number of aromatic nitrogens is 1. The van der Waals surface area contributed by atoms with Gasteiger partial charge in [-0.05, 0) is 25.0 Å². The van der Waals surface area contributed by atoms with Crippen molar-refractivity contribution < 1.29 is 17.9 Å². The molecule has 9 heteroatoms. The first-order chi connectivity index (χ1) is 12.1. The quantitative estimate of drug-likeness (QED) is 0.852. The SMILES string of the molecule is O=S(=O)(NCC1CCCN1c1nccs1)c1ccc2c(c1)OCCO2. The monoisotopic (exact) mass is 381 g/mol. The molecule has 1 aromatic heterocycles. The van der Waals surface area contributed by atoms with Crippen LogP contribution >= 0.6 is 11.3 Å². The van der Waals surface area contributed by atoms with Gasteiger partial charge in [-0.2, -0.15) is 0 Å². The molecule has 2 aliphatic heterocycles. The molecular formula is C16H19N3O4S2. The lowest BCUT2D eigenvalue weighted by Gasteiger charge is -2.24. The Kier molecular flexibility index (Phi) is 4.53. The lowest BCUT2D eigenvalue weighted by molar-refractivity contribution is 0.171. The first-order valence-electron chi connectivity index (χ1n) is 8.19. The van der Waals surface area contributed by atoms with Crippen molar-refractivity contribution in [2.24, 2.45) is 0 Å². The highest BCUT2D eigenvalue weighted by atomic mass is 32.2. The largest absolute Gasteiger partial charge is 0.486 e. The summed E-state index contributed by atoms with van der Waals surface area (Å²) in [6.07, 6.45) is 3.76. The number of sulfonamides is 1. The average Bonchev–Trinajstić information content (AvgIpc) is 3.30. The smallest absolute Gasteiger partial charge is 0.240 e. The van der Waals surface area contributed by atoms with E-state index in [0.29, 0.717) is 31.3 Å². The second-order valence-electron chi connectivity index (χ2n) is 5.96. The van der Waals surface area contributed by atoms with E-state index >= 15 is 0 Å². The van der Waals surface area contributed by atoms with E-state index in [1.54, 1.807) is 29.7 Å². The fraction of sp³-hybridized carbons (Fsp3) is 0.438. The molecule has 0 amide bonds. The van der Waals surface area contributed by atoms with E-state index in [4.69, 9.17) is 9.47 Å². The fourth-order valence-corrected chi connectivity index (χ4v) is 4.97. The van der Waals surface area contributed by atoms with Gasteiger partial charge in [0.05, 0.1) is 4.90 Å². The maximum atomic E-state index is 12.6. The molecule has 2 aliphatic rings. The van der Waals surface area contributed by atoms with E-state index in [-0.39, 0.29) is 10.9 Å². The van der Waals surface area contributed by atoms with Crippen molar-refractivity contribution >= 4 is 26.5 Å². The van der Waals surface area contributed by atoms with Crippen LogP contribution in [-0.2, 0) is 10.0 Å². The minimum Gasteiger partial charge on any atom is -0.486 e. The minimum absolute atomic E-state index is 0.123. The lowest BCUT2D eigenvalue weighted by Crippen LogP contribution is -2.40. The van der Waals surface area contributed by atoms with Crippen LogP contribution in [0, 0.1) is 0 Å². The summed E-state index contributed by atoms with van der Waals surface area (Å²) >= 11 is 1.58. The number of benzene rings is 1. The number of thiazole rings is 1. The van der Waals surface area contributed by atoms with Crippen molar-refractivity contribution in [1.29, 1.82) is 0 Å². The summed E-state index contributed by atoms with van der Waals surface area (Å²) in [7, 11) is -3.60. The van der Waals surface area contributed by atoms with Crippen molar-refractivity contribution in [2.45, 2.75) is 23.8 Å². The highest BCUT2D eigenvalue weighted by Crippen LogP contribution is 2.32. The molecule has 1 saturated heterocycles. The first kappa shape index (κ1) is 16.6. The average molecular weight is 381 g/mol. The predicted molar refractivity (Wildman–Crippen MR) is 95.1 cm³/mol. The molecule has 1 N–H and O–H groups in total. The van der Waals surface area contributed by atoms with Gasteiger partial charge in [0.2, 0.25) is 10.0 Å².